The first-order valence-electron chi connectivity index (χ1n) is 6.24. The fraction of sp³-hybridized carbons (Fsp3) is 0.769. The summed E-state index contributed by atoms with van der Waals surface area (Å²) in [5, 5.41) is 8.91. The Morgan fingerprint density at radius 2 is 1.48 bits per heavy atom. The second-order valence-corrected chi connectivity index (χ2v) is 5.59. The molecule has 0 fully saturated rings. The molecule has 0 aromatic rings. The number of rotatable bonds is 7. The summed E-state index contributed by atoms with van der Waals surface area (Å²) in [6, 6.07) is 0. The predicted molar refractivity (Wildman–Crippen MR) is 64.5 cm³/mol. The highest BCUT2D eigenvalue weighted by molar-refractivity contribution is 5.48. The van der Waals surface area contributed by atoms with E-state index in [0.717, 1.165) is 0 Å². The van der Waals surface area contributed by atoms with E-state index < -0.39 is 23.4 Å². The van der Waals surface area contributed by atoms with E-state index in [1.54, 1.807) is 13.8 Å². The van der Waals surface area contributed by atoms with Gasteiger partial charge in [-0.3, -0.25) is 0 Å². The molecule has 0 aliphatic rings. The number of hydrogen-bond acceptors (Lipinski definition) is 2. The lowest BCUT2D eigenvalue weighted by Crippen LogP contribution is -2.55. The number of aldehydes is 1. The molecule has 0 unspecified atom stereocenters. The van der Waals surface area contributed by atoms with Crippen LogP contribution in [-0.4, -0.2) is 29.3 Å². The van der Waals surface area contributed by atoms with Gasteiger partial charge in [-0.25, -0.2) is 0 Å². The number of carbonyl (C=O) groups excluding carboxylic acids is 1. The fourth-order valence-electron chi connectivity index (χ4n) is 1.66. The minimum Gasteiger partial charge on any atom is -0.370 e. The number of hydrogen-bond donors (Lipinski definition) is 1. The Bertz CT molecular complexity index is 354. The van der Waals surface area contributed by atoms with Gasteiger partial charge in [-0.15, -0.1) is 0 Å². The number of carbonyl (C=O) groups is 1. The molecule has 0 saturated carbocycles. The van der Waals surface area contributed by atoms with Crippen molar-refractivity contribution in [3.63, 3.8) is 0 Å². The molecule has 124 valence electrons. The van der Waals surface area contributed by atoms with Crippen molar-refractivity contribution in [1.82, 2.24) is 0 Å². The summed E-state index contributed by atoms with van der Waals surface area (Å²) in [7, 11) is 0. The summed E-state index contributed by atoms with van der Waals surface area (Å²) in [6.07, 6.45) is -9.41. The van der Waals surface area contributed by atoms with Crippen LogP contribution in [0.2, 0.25) is 0 Å². The Balaban J connectivity index is 4.93. The number of halogens is 6. The number of alkyl halides is 6. The molecule has 0 saturated heterocycles. The molecule has 0 aliphatic heterocycles. The topological polar surface area (TPSA) is 37.3 Å². The Hall–Kier alpha value is -1.05. The molecular weight excluding hydrogens is 302 g/mol. The van der Waals surface area contributed by atoms with E-state index in [2.05, 4.69) is 0 Å². The highest BCUT2D eigenvalue weighted by atomic mass is 19.4. The molecule has 0 aromatic carbocycles. The van der Waals surface area contributed by atoms with Gasteiger partial charge in [-0.2, -0.15) is 26.3 Å². The molecule has 0 bridgehead atoms. The van der Waals surface area contributed by atoms with E-state index >= 15 is 0 Å². The lowest BCUT2D eigenvalue weighted by molar-refractivity contribution is -0.347. The minimum absolute atomic E-state index is 0.0830. The van der Waals surface area contributed by atoms with Crippen molar-refractivity contribution in [2.75, 3.05) is 0 Å². The van der Waals surface area contributed by atoms with Crippen molar-refractivity contribution in [3.05, 3.63) is 12.2 Å². The zero-order chi connectivity index (χ0) is 16.9. The molecule has 0 atom stereocenters. The molecule has 0 radical (unpaired) electrons. The summed E-state index contributed by atoms with van der Waals surface area (Å²) < 4.78 is 74.5. The van der Waals surface area contributed by atoms with Gasteiger partial charge in [0, 0.05) is 6.42 Å². The van der Waals surface area contributed by atoms with Crippen LogP contribution < -0.4 is 0 Å². The quantitative estimate of drug-likeness (QED) is 0.331. The zero-order valence-electron chi connectivity index (χ0n) is 11.7. The number of allylic oxidation sites excluding steroid dienone is 1. The van der Waals surface area contributed by atoms with Gasteiger partial charge in [0.25, 0.3) is 5.60 Å². The van der Waals surface area contributed by atoms with Gasteiger partial charge >= 0.3 is 12.4 Å². The van der Waals surface area contributed by atoms with Crippen LogP contribution in [0.15, 0.2) is 12.2 Å². The lowest BCUT2D eigenvalue weighted by atomic mass is 9.83. The second-order valence-electron chi connectivity index (χ2n) is 5.59. The predicted octanol–water partition coefficient (Wildman–Crippen LogP) is 4.18. The van der Waals surface area contributed by atoms with Crippen LogP contribution in [0.5, 0.6) is 0 Å². The Morgan fingerprint density at radius 3 is 1.86 bits per heavy atom. The third kappa shape index (κ3) is 5.68. The zero-order valence-corrected chi connectivity index (χ0v) is 11.7. The first kappa shape index (κ1) is 19.9. The first-order chi connectivity index (χ1) is 9.27. The summed E-state index contributed by atoms with van der Waals surface area (Å²) in [5.74, 6) is 0. The summed E-state index contributed by atoms with van der Waals surface area (Å²) in [5.41, 5.74) is -5.42. The van der Waals surface area contributed by atoms with Crippen molar-refractivity contribution in [1.29, 1.82) is 0 Å². The summed E-state index contributed by atoms with van der Waals surface area (Å²) >= 11 is 0. The molecule has 0 aliphatic carbocycles. The van der Waals surface area contributed by atoms with Gasteiger partial charge in [0.2, 0.25) is 0 Å². The van der Waals surface area contributed by atoms with Gasteiger partial charge in [0.15, 0.2) is 0 Å². The van der Waals surface area contributed by atoms with Crippen LogP contribution in [0.1, 0.15) is 39.5 Å². The molecule has 21 heavy (non-hydrogen) atoms. The van der Waals surface area contributed by atoms with E-state index in [1.165, 1.54) is 0 Å². The average molecular weight is 320 g/mol. The third-order valence-corrected chi connectivity index (χ3v) is 3.07. The molecule has 0 rings (SSSR count). The Morgan fingerprint density at radius 1 is 1.00 bits per heavy atom. The van der Waals surface area contributed by atoms with Gasteiger partial charge in [-0.1, -0.05) is 19.9 Å². The van der Waals surface area contributed by atoms with E-state index in [4.69, 9.17) is 5.11 Å². The van der Waals surface area contributed by atoms with Crippen LogP contribution in [0.4, 0.5) is 26.3 Å². The largest absolute Gasteiger partial charge is 0.429 e. The Labute approximate surface area is 118 Å². The molecular formula is C13H18F6O2. The molecule has 0 spiro atoms. The van der Waals surface area contributed by atoms with Crippen molar-refractivity contribution < 1.29 is 36.2 Å². The molecule has 0 amide bonds. The van der Waals surface area contributed by atoms with Crippen LogP contribution in [-0.2, 0) is 4.79 Å². The SMILES string of the molecule is CC(C)(CC=CC(O)(C(F)(F)F)C(F)(F)F)CCCC=O. The molecule has 1 N–H and O–H groups in total. The van der Waals surface area contributed by atoms with Crippen molar-refractivity contribution in [2.24, 2.45) is 5.41 Å². The molecule has 2 nitrogen and oxygen atoms in total. The van der Waals surface area contributed by atoms with E-state index in [0.29, 0.717) is 25.2 Å². The molecule has 8 heteroatoms. The van der Waals surface area contributed by atoms with Crippen LogP contribution in [0.25, 0.3) is 0 Å². The van der Waals surface area contributed by atoms with E-state index in [9.17, 15) is 31.1 Å². The maximum Gasteiger partial charge on any atom is 0.429 e. The van der Waals surface area contributed by atoms with Gasteiger partial charge in [-0.05, 0) is 30.8 Å². The van der Waals surface area contributed by atoms with E-state index in [-0.39, 0.29) is 18.9 Å². The minimum atomic E-state index is -5.84. The van der Waals surface area contributed by atoms with Crippen LogP contribution in [0, 0.1) is 5.41 Å². The second kappa shape index (κ2) is 6.81. The maximum atomic E-state index is 12.4. The first-order valence-corrected chi connectivity index (χ1v) is 6.24. The monoisotopic (exact) mass is 320 g/mol. The number of unbranched alkanes of at least 4 members (excludes halogenated alkanes) is 1. The van der Waals surface area contributed by atoms with Crippen molar-refractivity contribution in [2.45, 2.75) is 57.5 Å². The third-order valence-electron chi connectivity index (χ3n) is 3.07. The molecule has 0 aromatic heterocycles. The average Bonchev–Trinajstić information content (AvgIpc) is 2.25. The summed E-state index contributed by atoms with van der Waals surface area (Å²) in [4.78, 5) is 10.2. The summed E-state index contributed by atoms with van der Waals surface area (Å²) in [6.45, 7) is 3.31. The van der Waals surface area contributed by atoms with Gasteiger partial charge < -0.3 is 9.90 Å². The highest BCUT2D eigenvalue weighted by Crippen LogP contribution is 2.44. The van der Waals surface area contributed by atoms with Crippen molar-refractivity contribution in [3.8, 4) is 0 Å². The van der Waals surface area contributed by atoms with Gasteiger partial charge in [0.1, 0.15) is 6.29 Å². The smallest absolute Gasteiger partial charge is 0.370 e. The van der Waals surface area contributed by atoms with Gasteiger partial charge in [0.05, 0.1) is 0 Å². The Kier molecular flexibility index (Phi) is 6.47. The van der Waals surface area contributed by atoms with Crippen LogP contribution in [0.3, 0.4) is 0 Å². The molecule has 0 heterocycles. The van der Waals surface area contributed by atoms with Crippen LogP contribution >= 0.6 is 0 Å². The van der Waals surface area contributed by atoms with E-state index in [1.807, 2.05) is 0 Å². The maximum absolute atomic E-state index is 12.4. The standard InChI is InChI=1S/C13H18F6O2/c1-10(2,6-3-4-9-20)7-5-8-11(21,12(14,15)16)13(17,18)19/h5,8-9,21H,3-4,6-7H2,1-2H3. The normalized spacial score (nSPS) is 14.7. The highest BCUT2D eigenvalue weighted by Gasteiger charge is 2.68. The lowest BCUT2D eigenvalue weighted by Gasteiger charge is -2.30. The number of aliphatic hydroxyl groups is 1. The fourth-order valence-corrected chi connectivity index (χ4v) is 1.66. The van der Waals surface area contributed by atoms with Crippen molar-refractivity contribution >= 4 is 6.29 Å².